The van der Waals surface area contributed by atoms with E-state index in [-0.39, 0.29) is 11.6 Å². The molecule has 1 aromatic carbocycles. The average molecular weight is 436 g/mol. The molecule has 3 atom stereocenters. The first kappa shape index (κ1) is 21.3. The van der Waals surface area contributed by atoms with E-state index in [1.807, 2.05) is 27.0 Å². The minimum absolute atomic E-state index is 0.268. The van der Waals surface area contributed by atoms with Gasteiger partial charge in [-0.15, -0.1) is 0 Å². The van der Waals surface area contributed by atoms with Crippen molar-refractivity contribution >= 4 is 16.9 Å². The Morgan fingerprint density at radius 1 is 1.28 bits per heavy atom. The van der Waals surface area contributed by atoms with Gasteiger partial charge in [0.15, 0.2) is 0 Å². The first-order chi connectivity index (χ1) is 15.3. The number of carbonyl (C=O) groups is 1. The van der Waals surface area contributed by atoms with Crippen LogP contribution in [-0.4, -0.2) is 53.8 Å². The number of ether oxygens (including phenoxy) is 2. The van der Waals surface area contributed by atoms with Gasteiger partial charge in [-0.2, -0.15) is 0 Å². The van der Waals surface area contributed by atoms with Crippen LogP contribution in [0.3, 0.4) is 0 Å². The number of piperidine rings is 1. The number of aromatic amines is 1. The van der Waals surface area contributed by atoms with Crippen molar-refractivity contribution in [1.82, 2.24) is 14.5 Å². The summed E-state index contributed by atoms with van der Waals surface area (Å²) in [6.07, 6.45) is 5.03. The Balaban J connectivity index is 1.37. The van der Waals surface area contributed by atoms with Gasteiger partial charge in [-0.1, -0.05) is 12.1 Å². The molecule has 1 aliphatic heterocycles. The second-order valence-corrected chi connectivity index (χ2v) is 9.72. The zero-order valence-electron chi connectivity index (χ0n) is 19.7. The van der Waals surface area contributed by atoms with E-state index in [0.29, 0.717) is 24.3 Å². The van der Waals surface area contributed by atoms with Crippen LogP contribution in [0.25, 0.3) is 10.9 Å². The van der Waals surface area contributed by atoms with Crippen molar-refractivity contribution in [1.29, 1.82) is 0 Å². The van der Waals surface area contributed by atoms with Crippen LogP contribution in [0.4, 0.5) is 0 Å². The number of fused-ring (bicyclic) bond motifs is 2. The average Bonchev–Trinajstić information content (AvgIpc) is 3.28. The number of hydrogen-bond acceptors (Lipinski definition) is 4. The van der Waals surface area contributed by atoms with Crippen LogP contribution in [0.5, 0.6) is 0 Å². The molecule has 170 valence electrons. The highest BCUT2D eigenvalue weighted by Gasteiger charge is 2.51. The van der Waals surface area contributed by atoms with Gasteiger partial charge in [-0.25, -0.2) is 4.79 Å². The number of methoxy groups -OCH3 is 1. The van der Waals surface area contributed by atoms with Crippen LogP contribution in [0.15, 0.2) is 30.5 Å². The van der Waals surface area contributed by atoms with Gasteiger partial charge < -0.3 is 19.0 Å². The number of nitrogens with one attached hydrogen (secondary N) is 1. The largest absolute Gasteiger partial charge is 0.461 e. The Bertz CT molecular complexity index is 1180. The molecular formula is C26H33N3O3. The van der Waals surface area contributed by atoms with Crippen molar-refractivity contribution in [2.24, 2.45) is 13.0 Å². The fourth-order valence-electron chi connectivity index (χ4n) is 6.24. The van der Waals surface area contributed by atoms with E-state index in [1.165, 1.54) is 22.0 Å². The lowest BCUT2D eigenvalue weighted by molar-refractivity contribution is -0.127. The van der Waals surface area contributed by atoms with E-state index in [1.54, 1.807) is 0 Å². The number of rotatable bonds is 5. The third kappa shape index (κ3) is 3.20. The molecule has 1 saturated heterocycles. The standard InChI is InChI=1S/C26H33N3O3/c1-16-11-17(2)27-24(16)25(30)32-10-9-18-13-26(31-5)20-7-6-8-21-23(20)19(15-28(21)3)12-22(26)29(4)14-18/h6-8,11,15,18,22,27H,9-10,12-14H2,1-5H3/t18-,22-,26+/m1/s1. The molecule has 3 aromatic rings. The molecule has 0 spiro atoms. The van der Waals surface area contributed by atoms with Gasteiger partial charge >= 0.3 is 5.97 Å². The van der Waals surface area contributed by atoms with Crippen molar-refractivity contribution in [2.45, 2.75) is 44.8 Å². The van der Waals surface area contributed by atoms with Crippen molar-refractivity contribution in [3.8, 4) is 0 Å². The van der Waals surface area contributed by atoms with Crippen molar-refractivity contribution in [3.63, 3.8) is 0 Å². The summed E-state index contributed by atoms with van der Waals surface area (Å²) in [4.78, 5) is 18.1. The summed E-state index contributed by atoms with van der Waals surface area (Å²) >= 11 is 0. The smallest absolute Gasteiger partial charge is 0.355 e. The van der Waals surface area contributed by atoms with E-state index < -0.39 is 0 Å². The van der Waals surface area contributed by atoms with Crippen LogP contribution in [-0.2, 0) is 28.5 Å². The van der Waals surface area contributed by atoms with Gasteiger partial charge in [-0.3, -0.25) is 4.90 Å². The molecule has 0 saturated carbocycles. The molecule has 5 rings (SSSR count). The number of benzene rings is 1. The molecule has 2 aromatic heterocycles. The maximum Gasteiger partial charge on any atom is 0.355 e. The molecule has 0 radical (unpaired) electrons. The summed E-state index contributed by atoms with van der Waals surface area (Å²) in [5.41, 5.74) is 6.10. The number of hydrogen-bond donors (Lipinski definition) is 1. The van der Waals surface area contributed by atoms with E-state index >= 15 is 0 Å². The van der Waals surface area contributed by atoms with Gasteiger partial charge in [-0.05, 0) is 74.9 Å². The number of esters is 1. The van der Waals surface area contributed by atoms with Gasteiger partial charge in [0.2, 0.25) is 0 Å². The lowest BCUT2D eigenvalue weighted by Gasteiger charge is -2.53. The van der Waals surface area contributed by atoms with Crippen LogP contribution in [0, 0.1) is 19.8 Å². The Hall–Kier alpha value is -2.57. The quantitative estimate of drug-likeness (QED) is 0.614. The number of H-pyrrole nitrogens is 1. The van der Waals surface area contributed by atoms with Gasteiger partial charge in [0.25, 0.3) is 0 Å². The first-order valence-corrected chi connectivity index (χ1v) is 11.5. The number of likely N-dealkylation sites (tertiary alicyclic amines) is 1. The fraction of sp³-hybridized carbons (Fsp3) is 0.500. The normalized spacial score (nSPS) is 25.2. The lowest BCUT2D eigenvalue weighted by atomic mass is 9.68. The Morgan fingerprint density at radius 2 is 2.09 bits per heavy atom. The lowest BCUT2D eigenvalue weighted by Crippen LogP contribution is -2.59. The molecule has 1 aliphatic carbocycles. The first-order valence-electron chi connectivity index (χ1n) is 11.5. The number of carbonyl (C=O) groups excluding carboxylic acids is 1. The molecule has 0 unspecified atom stereocenters. The predicted octanol–water partition coefficient (Wildman–Crippen LogP) is 4.09. The second kappa shape index (κ2) is 7.78. The zero-order valence-corrected chi connectivity index (χ0v) is 19.7. The summed E-state index contributed by atoms with van der Waals surface area (Å²) in [6.45, 7) is 5.28. The predicted molar refractivity (Wildman–Crippen MR) is 125 cm³/mol. The van der Waals surface area contributed by atoms with Crippen LogP contribution in [0.1, 0.15) is 45.7 Å². The molecule has 0 amide bonds. The minimum Gasteiger partial charge on any atom is -0.461 e. The number of aryl methyl sites for hydroxylation is 3. The van der Waals surface area contributed by atoms with Gasteiger partial charge in [0.1, 0.15) is 11.3 Å². The Morgan fingerprint density at radius 3 is 2.81 bits per heavy atom. The fourth-order valence-corrected chi connectivity index (χ4v) is 6.24. The summed E-state index contributed by atoms with van der Waals surface area (Å²) in [7, 11) is 6.18. The molecule has 32 heavy (non-hydrogen) atoms. The topological polar surface area (TPSA) is 59.5 Å². The van der Waals surface area contributed by atoms with Crippen molar-refractivity contribution < 1.29 is 14.3 Å². The van der Waals surface area contributed by atoms with Crippen molar-refractivity contribution in [3.05, 3.63) is 58.5 Å². The molecule has 1 N–H and O–H groups in total. The molecule has 0 bridgehead atoms. The molecule has 6 heteroatoms. The van der Waals surface area contributed by atoms with Gasteiger partial charge in [0, 0.05) is 49.5 Å². The molecule has 1 fully saturated rings. The summed E-state index contributed by atoms with van der Waals surface area (Å²) in [5, 5.41) is 1.35. The summed E-state index contributed by atoms with van der Waals surface area (Å²) < 4.78 is 14.3. The molecule has 6 nitrogen and oxygen atoms in total. The highest BCUT2D eigenvalue weighted by Crippen LogP contribution is 2.50. The Labute approximate surface area is 189 Å². The number of likely N-dealkylation sites (N-methyl/N-ethyl adjacent to an activating group) is 1. The minimum atomic E-state index is -0.345. The van der Waals surface area contributed by atoms with Crippen LogP contribution in [0.2, 0.25) is 0 Å². The van der Waals surface area contributed by atoms with Crippen LogP contribution >= 0.6 is 0 Å². The van der Waals surface area contributed by atoms with E-state index in [9.17, 15) is 4.79 Å². The van der Waals surface area contributed by atoms with Crippen LogP contribution < -0.4 is 0 Å². The second-order valence-electron chi connectivity index (χ2n) is 9.72. The third-order valence-electron chi connectivity index (χ3n) is 7.65. The SMILES string of the molecule is CO[C@]12C[C@@H](CCOC(=O)c3[nH]c(C)cc3C)CN(C)[C@@H]1Cc1cn(C)c3cccc2c13. The maximum absolute atomic E-state index is 12.5. The van der Waals surface area contributed by atoms with Crippen molar-refractivity contribution in [2.75, 3.05) is 27.3 Å². The molecule has 2 aliphatic rings. The zero-order chi connectivity index (χ0) is 22.6. The number of nitrogens with zero attached hydrogens (tertiary/aromatic N) is 2. The third-order valence-corrected chi connectivity index (χ3v) is 7.65. The van der Waals surface area contributed by atoms with Gasteiger partial charge in [0.05, 0.1) is 6.61 Å². The molecule has 3 heterocycles. The van der Waals surface area contributed by atoms with E-state index in [0.717, 1.165) is 37.1 Å². The van der Waals surface area contributed by atoms with E-state index in [4.69, 9.17) is 9.47 Å². The highest BCUT2D eigenvalue weighted by molar-refractivity contribution is 5.90. The Kier molecular flexibility index (Phi) is 5.18. The monoisotopic (exact) mass is 435 g/mol. The summed E-state index contributed by atoms with van der Waals surface area (Å²) in [6, 6.07) is 8.86. The summed E-state index contributed by atoms with van der Waals surface area (Å²) in [5.74, 6) is 0.117. The van der Waals surface area contributed by atoms with E-state index in [2.05, 4.69) is 52.9 Å². The maximum atomic E-state index is 12.5. The number of aromatic nitrogens is 2. The highest BCUT2D eigenvalue weighted by atomic mass is 16.5. The molecular weight excluding hydrogens is 402 g/mol.